The van der Waals surface area contributed by atoms with Crippen molar-refractivity contribution < 1.29 is 5.11 Å². The van der Waals surface area contributed by atoms with Crippen molar-refractivity contribution in [2.45, 2.75) is 6.54 Å². The Bertz CT molecular complexity index is 1050. The maximum Gasteiger partial charge on any atom is 0.332 e. The predicted molar refractivity (Wildman–Crippen MR) is 96.3 cm³/mol. The molecule has 0 aliphatic rings. The van der Waals surface area contributed by atoms with Crippen LogP contribution in [0.5, 0.6) is 0 Å². The Morgan fingerprint density at radius 1 is 1.24 bits per heavy atom. The van der Waals surface area contributed by atoms with E-state index in [9.17, 15) is 9.59 Å². The number of aliphatic hydroxyl groups excluding tert-OH is 1. The van der Waals surface area contributed by atoms with E-state index < -0.39 is 11.2 Å². The van der Waals surface area contributed by atoms with Gasteiger partial charge in [0.1, 0.15) is 0 Å². The Kier molecular flexibility index (Phi) is 4.65. The second-order valence-corrected chi connectivity index (χ2v) is 6.12. The topological polar surface area (TPSA) is 94.1 Å². The maximum absolute atomic E-state index is 12.6. The zero-order chi connectivity index (χ0) is 18.1. The summed E-state index contributed by atoms with van der Waals surface area (Å²) >= 11 is 6.02. The first-order valence-electron chi connectivity index (χ1n) is 7.69. The number of fused-ring (bicyclic) bond motifs is 1. The van der Waals surface area contributed by atoms with Crippen LogP contribution in [-0.4, -0.2) is 36.9 Å². The van der Waals surface area contributed by atoms with Crippen LogP contribution < -0.4 is 16.6 Å². The van der Waals surface area contributed by atoms with E-state index in [0.717, 1.165) is 10.1 Å². The number of rotatable bonds is 5. The minimum atomic E-state index is -0.454. The molecule has 0 bridgehead atoms. The van der Waals surface area contributed by atoms with Crippen molar-refractivity contribution in [3.8, 4) is 0 Å². The Balaban J connectivity index is 2.23. The first-order chi connectivity index (χ1) is 11.9. The van der Waals surface area contributed by atoms with Crippen LogP contribution in [0.15, 0.2) is 33.9 Å². The van der Waals surface area contributed by atoms with Crippen molar-refractivity contribution in [2.24, 2.45) is 14.1 Å². The molecule has 0 radical (unpaired) electrons. The Morgan fingerprint density at radius 3 is 2.68 bits per heavy atom. The fourth-order valence-corrected chi connectivity index (χ4v) is 2.93. The highest BCUT2D eigenvalue weighted by atomic mass is 35.5. The molecule has 8 nitrogen and oxygen atoms in total. The second kappa shape index (κ2) is 6.73. The van der Waals surface area contributed by atoms with Crippen LogP contribution in [0.3, 0.4) is 0 Å². The molecule has 132 valence electrons. The highest BCUT2D eigenvalue weighted by Crippen LogP contribution is 2.16. The highest BCUT2D eigenvalue weighted by molar-refractivity contribution is 6.30. The van der Waals surface area contributed by atoms with Gasteiger partial charge in [-0.15, -0.1) is 0 Å². The lowest BCUT2D eigenvalue weighted by Gasteiger charge is -2.09. The second-order valence-electron chi connectivity index (χ2n) is 5.68. The molecule has 2 aromatic heterocycles. The van der Waals surface area contributed by atoms with E-state index in [1.54, 1.807) is 29.8 Å². The molecule has 2 N–H and O–H groups in total. The lowest BCUT2D eigenvalue weighted by Crippen LogP contribution is -2.38. The van der Waals surface area contributed by atoms with Gasteiger partial charge in [-0.05, 0) is 17.7 Å². The molecule has 0 spiro atoms. The largest absolute Gasteiger partial charge is 0.395 e. The molecule has 9 heteroatoms. The average Bonchev–Trinajstić information content (AvgIpc) is 2.91. The molecule has 0 aliphatic carbocycles. The number of imidazole rings is 1. The van der Waals surface area contributed by atoms with Crippen molar-refractivity contribution >= 4 is 28.7 Å². The van der Waals surface area contributed by atoms with Gasteiger partial charge in [-0.3, -0.25) is 13.9 Å². The van der Waals surface area contributed by atoms with Crippen LogP contribution >= 0.6 is 11.6 Å². The molecule has 3 aromatic rings. The van der Waals surface area contributed by atoms with Gasteiger partial charge in [0.25, 0.3) is 5.56 Å². The summed E-state index contributed by atoms with van der Waals surface area (Å²) in [7, 11) is 3.12. The Labute approximate surface area is 147 Å². The summed E-state index contributed by atoms with van der Waals surface area (Å²) in [5.41, 5.74) is 0.546. The van der Waals surface area contributed by atoms with Gasteiger partial charge in [0.2, 0.25) is 5.95 Å². The highest BCUT2D eigenvalue weighted by Gasteiger charge is 2.18. The summed E-state index contributed by atoms with van der Waals surface area (Å²) < 4.78 is 4.08. The van der Waals surface area contributed by atoms with E-state index in [4.69, 9.17) is 16.7 Å². The molecule has 0 saturated heterocycles. The number of nitrogens with zero attached hydrogens (tertiary/aromatic N) is 4. The fourth-order valence-electron chi connectivity index (χ4n) is 2.72. The zero-order valence-corrected chi connectivity index (χ0v) is 14.6. The number of aromatic nitrogens is 4. The van der Waals surface area contributed by atoms with Gasteiger partial charge in [0.05, 0.1) is 13.2 Å². The van der Waals surface area contributed by atoms with Gasteiger partial charge in [0, 0.05) is 25.7 Å². The average molecular weight is 364 g/mol. The molecular weight excluding hydrogens is 346 g/mol. The van der Waals surface area contributed by atoms with Crippen LogP contribution in [-0.2, 0) is 20.6 Å². The SMILES string of the molecule is Cn1c(=O)c2c(nc(NCCO)n2C)n(Cc2cccc(Cl)c2)c1=O. The zero-order valence-electron chi connectivity index (χ0n) is 13.9. The summed E-state index contributed by atoms with van der Waals surface area (Å²) in [6.07, 6.45) is 0. The van der Waals surface area contributed by atoms with Crippen molar-refractivity contribution in [1.29, 1.82) is 0 Å². The molecule has 1 aromatic carbocycles. The monoisotopic (exact) mass is 363 g/mol. The number of halogens is 1. The number of aryl methyl sites for hydroxylation is 1. The summed E-state index contributed by atoms with van der Waals surface area (Å²) in [6.45, 7) is 0.451. The molecule has 3 rings (SSSR count). The summed E-state index contributed by atoms with van der Waals surface area (Å²) in [6, 6.07) is 7.16. The minimum Gasteiger partial charge on any atom is -0.395 e. The molecule has 0 fully saturated rings. The van der Waals surface area contributed by atoms with Crippen LogP contribution in [0, 0.1) is 0 Å². The van der Waals surface area contributed by atoms with E-state index in [1.807, 2.05) is 6.07 Å². The lowest BCUT2D eigenvalue weighted by atomic mass is 10.2. The van der Waals surface area contributed by atoms with E-state index in [2.05, 4.69) is 10.3 Å². The fraction of sp³-hybridized carbons (Fsp3) is 0.312. The molecule has 0 amide bonds. The number of aliphatic hydroxyl groups is 1. The molecule has 0 unspecified atom stereocenters. The van der Waals surface area contributed by atoms with E-state index >= 15 is 0 Å². The molecule has 0 aliphatic heterocycles. The quantitative estimate of drug-likeness (QED) is 0.690. The Morgan fingerprint density at radius 2 is 2.00 bits per heavy atom. The molecule has 0 atom stereocenters. The van der Waals surface area contributed by atoms with Crippen molar-refractivity contribution in [3.05, 3.63) is 55.7 Å². The van der Waals surface area contributed by atoms with Crippen LogP contribution in [0.25, 0.3) is 11.2 Å². The smallest absolute Gasteiger partial charge is 0.332 e. The minimum absolute atomic E-state index is 0.0729. The summed E-state index contributed by atoms with van der Waals surface area (Å²) in [5.74, 6) is 0.409. The van der Waals surface area contributed by atoms with Crippen molar-refractivity contribution in [2.75, 3.05) is 18.5 Å². The van der Waals surface area contributed by atoms with Crippen LogP contribution in [0.1, 0.15) is 5.56 Å². The van der Waals surface area contributed by atoms with Gasteiger partial charge in [0.15, 0.2) is 11.2 Å². The standard InChI is InChI=1S/C16H18ClN5O3/c1-20-12-13(19-15(20)18-6-7-23)22(16(25)21(2)14(12)24)9-10-4-3-5-11(17)8-10/h3-5,8,23H,6-7,9H2,1-2H3,(H,18,19). The molecular formula is C16H18ClN5O3. The summed E-state index contributed by atoms with van der Waals surface area (Å²) in [4.78, 5) is 29.5. The van der Waals surface area contributed by atoms with Crippen molar-refractivity contribution in [1.82, 2.24) is 18.7 Å². The van der Waals surface area contributed by atoms with Gasteiger partial charge in [-0.25, -0.2) is 4.79 Å². The summed E-state index contributed by atoms with van der Waals surface area (Å²) in [5, 5.41) is 12.5. The van der Waals surface area contributed by atoms with Crippen LogP contribution in [0.2, 0.25) is 5.02 Å². The number of hydrogen-bond donors (Lipinski definition) is 2. The lowest BCUT2D eigenvalue weighted by molar-refractivity contribution is 0.310. The first-order valence-corrected chi connectivity index (χ1v) is 8.07. The third-order valence-corrected chi connectivity index (χ3v) is 4.22. The predicted octanol–water partition coefficient (Wildman–Crippen LogP) is 0.540. The van der Waals surface area contributed by atoms with Gasteiger partial charge in [-0.2, -0.15) is 4.98 Å². The molecule has 25 heavy (non-hydrogen) atoms. The Hall–Kier alpha value is -2.58. The van der Waals surface area contributed by atoms with E-state index in [0.29, 0.717) is 16.5 Å². The number of anilines is 1. The number of hydrogen-bond acceptors (Lipinski definition) is 5. The molecule has 2 heterocycles. The third-order valence-electron chi connectivity index (χ3n) is 3.98. The van der Waals surface area contributed by atoms with Crippen molar-refractivity contribution in [3.63, 3.8) is 0 Å². The van der Waals surface area contributed by atoms with Gasteiger partial charge >= 0.3 is 5.69 Å². The van der Waals surface area contributed by atoms with Gasteiger partial charge in [-0.1, -0.05) is 23.7 Å². The number of nitrogens with one attached hydrogen (secondary N) is 1. The maximum atomic E-state index is 12.6. The number of benzene rings is 1. The van der Waals surface area contributed by atoms with E-state index in [1.165, 1.54) is 11.6 Å². The van der Waals surface area contributed by atoms with E-state index in [-0.39, 0.29) is 25.3 Å². The normalized spacial score (nSPS) is 11.2. The van der Waals surface area contributed by atoms with Gasteiger partial charge < -0.3 is 15.0 Å². The first kappa shape index (κ1) is 17.2. The van der Waals surface area contributed by atoms with Crippen LogP contribution in [0.4, 0.5) is 5.95 Å². The molecule has 0 saturated carbocycles. The third kappa shape index (κ3) is 3.06.